The molecule has 0 atom stereocenters. The number of oxazole rings is 1. The molecule has 0 saturated heterocycles. The summed E-state index contributed by atoms with van der Waals surface area (Å²) >= 11 is 0. The van der Waals surface area contributed by atoms with E-state index in [2.05, 4.69) is 4.98 Å². The minimum atomic E-state index is -0.462. The van der Waals surface area contributed by atoms with Crippen molar-refractivity contribution in [1.29, 1.82) is 0 Å². The predicted octanol–water partition coefficient (Wildman–Crippen LogP) is 4.14. The number of rotatable bonds is 5. The van der Waals surface area contributed by atoms with Crippen molar-refractivity contribution < 1.29 is 23.4 Å². The zero-order chi connectivity index (χ0) is 18.6. The SMILES string of the molecule is Cc1oc(-c2ccccc2)nc1COC(=O)/C=C/c1ccc2c(c1)OCO2. The Morgan fingerprint density at radius 1 is 1.15 bits per heavy atom. The predicted molar refractivity (Wildman–Crippen MR) is 98.1 cm³/mol. The first-order chi connectivity index (χ1) is 13.2. The summed E-state index contributed by atoms with van der Waals surface area (Å²) in [6.07, 6.45) is 3.03. The maximum Gasteiger partial charge on any atom is 0.331 e. The molecular weight excluding hydrogens is 346 g/mol. The van der Waals surface area contributed by atoms with Crippen LogP contribution in [0.2, 0.25) is 0 Å². The summed E-state index contributed by atoms with van der Waals surface area (Å²) in [6.45, 7) is 2.06. The Labute approximate surface area is 156 Å². The van der Waals surface area contributed by atoms with E-state index in [0.29, 0.717) is 28.8 Å². The highest BCUT2D eigenvalue weighted by atomic mass is 16.7. The lowest BCUT2D eigenvalue weighted by Gasteiger charge is -2.00. The number of esters is 1. The van der Waals surface area contributed by atoms with Crippen LogP contribution in [0.5, 0.6) is 11.5 Å². The Hall–Kier alpha value is -3.54. The van der Waals surface area contributed by atoms with E-state index in [0.717, 1.165) is 11.1 Å². The molecule has 0 unspecified atom stereocenters. The van der Waals surface area contributed by atoms with Gasteiger partial charge in [0.2, 0.25) is 12.7 Å². The van der Waals surface area contributed by atoms with E-state index in [1.807, 2.05) is 36.4 Å². The third-order valence-corrected chi connectivity index (χ3v) is 4.07. The van der Waals surface area contributed by atoms with Crippen LogP contribution in [0.3, 0.4) is 0 Å². The van der Waals surface area contributed by atoms with Crippen LogP contribution in [-0.2, 0) is 16.1 Å². The second kappa shape index (κ2) is 7.37. The van der Waals surface area contributed by atoms with Crippen LogP contribution < -0.4 is 9.47 Å². The van der Waals surface area contributed by atoms with Gasteiger partial charge in [-0.3, -0.25) is 0 Å². The van der Waals surface area contributed by atoms with Crippen LogP contribution >= 0.6 is 0 Å². The number of hydrogen-bond acceptors (Lipinski definition) is 6. The normalized spacial score (nSPS) is 12.5. The maximum absolute atomic E-state index is 12.0. The van der Waals surface area contributed by atoms with Gasteiger partial charge in [0.05, 0.1) is 0 Å². The van der Waals surface area contributed by atoms with Crippen molar-refractivity contribution >= 4 is 12.0 Å². The van der Waals surface area contributed by atoms with Gasteiger partial charge in [-0.05, 0) is 42.8 Å². The van der Waals surface area contributed by atoms with Gasteiger partial charge < -0.3 is 18.6 Å². The van der Waals surface area contributed by atoms with Crippen LogP contribution in [0, 0.1) is 6.92 Å². The third-order valence-electron chi connectivity index (χ3n) is 4.07. The van der Waals surface area contributed by atoms with Crippen LogP contribution in [0.1, 0.15) is 17.0 Å². The Bertz CT molecular complexity index is 991. The Morgan fingerprint density at radius 3 is 2.81 bits per heavy atom. The third kappa shape index (κ3) is 3.84. The molecule has 0 bridgehead atoms. The van der Waals surface area contributed by atoms with E-state index in [4.69, 9.17) is 18.6 Å². The zero-order valence-corrected chi connectivity index (χ0v) is 14.7. The van der Waals surface area contributed by atoms with Crippen molar-refractivity contribution in [2.45, 2.75) is 13.5 Å². The first-order valence-corrected chi connectivity index (χ1v) is 8.45. The second-order valence-corrected chi connectivity index (χ2v) is 5.94. The average molecular weight is 363 g/mol. The number of benzene rings is 2. The van der Waals surface area contributed by atoms with Gasteiger partial charge >= 0.3 is 5.97 Å². The minimum Gasteiger partial charge on any atom is -0.456 e. The van der Waals surface area contributed by atoms with E-state index in [1.54, 1.807) is 25.1 Å². The molecule has 2 heterocycles. The first-order valence-electron chi connectivity index (χ1n) is 8.45. The molecule has 6 heteroatoms. The molecule has 0 N–H and O–H groups in total. The number of ether oxygens (including phenoxy) is 3. The zero-order valence-electron chi connectivity index (χ0n) is 14.7. The molecule has 0 aliphatic carbocycles. The molecule has 2 aromatic carbocycles. The van der Waals surface area contributed by atoms with Crippen LogP contribution in [0.25, 0.3) is 17.5 Å². The smallest absolute Gasteiger partial charge is 0.331 e. The van der Waals surface area contributed by atoms with Gasteiger partial charge in [-0.15, -0.1) is 0 Å². The highest BCUT2D eigenvalue weighted by molar-refractivity contribution is 5.87. The van der Waals surface area contributed by atoms with E-state index < -0.39 is 5.97 Å². The summed E-state index contributed by atoms with van der Waals surface area (Å²) < 4.78 is 21.5. The molecule has 3 aromatic rings. The molecule has 0 fully saturated rings. The summed E-state index contributed by atoms with van der Waals surface area (Å²) in [5.41, 5.74) is 2.29. The molecule has 1 aromatic heterocycles. The molecule has 1 aliphatic heterocycles. The fourth-order valence-electron chi connectivity index (χ4n) is 2.63. The second-order valence-electron chi connectivity index (χ2n) is 5.94. The van der Waals surface area contributed by atoms with Gasteiger partial charge in [-0.25, -0.2) is 9.78 Å². The summed E-state index contributed by atoms with van der Waals surface area (Å²) in [5, 5.41) is 0. The number of aromatic nitrogens is 1. The van der Waals surface area contributed by atoms with Gasteiger partial charge in [0.25, 0.3) is 0 Å². The highest BCUT2D eigenvalue weighted by Crippen LogP contribution is 2.32. The summed E-state index contributed by atoms with van der Waals surface area (Å²) in [6, 6.07) is 15.0. The van der Waals surface area contributed by atoms with E-state index in [-0.39, 0.29) is 13.4 Å². The summed E-state index contributed by atoms with van der Waals surface area (Å²) in [7, 11) is 0. The average Bonchev–Trinajstić information content (AvgIpc) is 3.31. The Balaban J connectivity index is 1.37. The molecule has 136 valence electrons. The quantitative estimate of drug-likeness (QED) is 0.501. The van der Waals surface area contributed by atoms with Crippen molar-refractivity contribution in [3.63, 3.8) is 0 Å². The van der Waals surface area contributed by atoms with Crippen LogP contribution in [-0.4, -0.2) is 17.7 Å². The summed E-state index contributed by atoms with van der Waals surface area (Å²) in [4.78, 5) is 16.4. The molecule has 0 amide bonds. The molecule has 0 radical (unpaired) electrons. The number of fused-ring (bicyclic) bond motifs is 1. The van der Waals surface area contributed by atoms with Crippen LogP contribution in [0.4, 0.5) is 0 Å². The van der Waals surface area contributed by atoms with Gasteiger partial charge in [0.1, 0.15) is 18.1 Å². The number of hydrogen-bond donors (Lipinski definition) is 0. The van der Waals surface area contributed by atoms with Gasteiger partial charge in [0.15, 0.2) is 11.5 Å². The van der Waals surface area contributed by atoms with Crippen molar-refractivity contribution in [3.8, 4) is 23.0 Å². The van der Waals surface area contributed by atoms with Gasteiger partial charge in [-0.1, -0.05) is 24.3 Å². The number of carbonyl (C=O) groups excluding carboxylic acids is 1. The highest BCUT2D eigenvalue weighted by Gasteiger charge is 2.14. The lowest BCUT2D eigenvalue weighted by Crippen LogP contribution is -2.02. The standard InChI is InChI=1S/C21H17NO5/c1-14-17(22-21(27-14)16-5-3-2-4-6-16)12-24-20(23)10-8-15-7-9-18-19(11-15)26-13-25-18/h2-11H,12-13H2,1H3/b10-8+. The van der Waals surface area contributed by atoms with Gasteiger partial charge in [0, 0.05) is 11.6 Å². The lowest BCUT2D eigenvalue weighted by atomic mass is 10.2. The summed E-state index contributed by atoms with van der Waals surface area (Å²) in [5.74, 6) is 2.04. The van der Waals surface area contributed by atoms with Crippen molar-refractivity contribution in [2.75, 3.05) is 6.79 Å². The van der Waals surface area contributed by atoms with Crippen molar-refractivity contribution in [2.24, 2.45) is 0 Å². The lowest BCUT2D eigenvalue weighted by molar-refractivity contribution is -0.139. The molecule has 27 heavy (non-hydrogen) atoms. The maximum atomic E-state index is 12.0. The monoisotopic (exact) mass is 363 g/mol. The Morgan fingerprint density at radius 2 is 1.96 bits per heavy atom. The van der Waals surface area contributed by atoms with E-state index >= 15 is 0 Å². The van der Waals surface area contributed by atoms with E-state index in [9.17, 15) is 4.79 Å². The fourth-order valence-corrected chi connectivity index (χ4v) is 2.63. The molecule has 0 saturated carbocycles. The number of nitrogens with zero attached hydrogens (tertiary/aromatic N) is 1. The number of aryl methyl sites for hydroxylation is 1. The fraction of sp³-hybridized carbons (Fsp3) is 0.143. The first kappa shape index (κ1) is 16.9. The molecular formula is C21H17NO5. The molecule has 1 aliphatic rings. The topological polar surface area (TPSA) is 70.8 Å². The van der Waals surface area contributed by atoms with Crippen LogP contribution in [0.15, 0.2) is 59.0 Å². The molecule has 0 spiro atoms. The van der Waals surface area contributed by atoms with Crippen molar-refractivity contribution in [1.82, 2.24) is 4.98 Å². The molecule has 4 rings (SSSR count). The van der Waals surface area contributed by atoms with E-state index in [1.165, 1.54) is 6.08 Å². The Kier molecular flexibility index (Phi) is 4.61. The minimum absolute atomic E-state index is 0.0481. The van der Waals surface area contributed by atoms with Gasteiger partial charge in [-0.2, -0.15) is 0 Å². The van der Waals surface area contributed by atoms with Crippen molar-refractivity contribution in [3.05, 3.63) is 71.6 Å². The number of carbonyl (C=O) groups is 1. The molecule has 6 nitrogen and oxygen atoms in total. The largest absolute Gasteiger partial charge is 0.456 e.